The number of aromatic nitrogens is 1. The number of hydrogen-bond donors (Lipinski definition) is 1. The number of carboxylic acid groups (broad SMARTS) is 1. The van der Waals surface area contributed by atoms with E-state index in [-0.39, 0.29) is 9.77 Å². The Bertz CT molecular complexity index is 702. The minimum absolute atomic E-state index is 0.0616. The topological polar surface area (TPSA) is 93.3 Å². The van der Waals surface area contributed by atoms with Gasteiger partial charge in [0.2, 0.25) is 5.82 Å². The van der Waals surface area contributed by atoms with E-state index in [1.807, 2.05) is 0 Å². The number of thiazole rings is 1. The van der Waals surface area contributed by atoms with Crippen LogP contribution in [0.1, 0.15) is 15.4 Å². The zero-order valence-electron chi connectivity index (χ0n) is 9.99. The second-order valence-corrected chi connectivity index (χ2v) is 5.93. The van der Waals surface area contributed by atoms with Crippen molar-refractivity contribution in [3.05, 3.63) is 44.7 Å². The fourth-order valence-corrected chi connectivity index (χ4v) is 3.57. The predicted molar refractivity (Wildman–Crippen MR) is 71.0 cm³/mol. The van der Waals surface area contributed by atoms with Crippen LogP contribution in [0, 0.1) is 22.9 Å². The zero-order valence-corrected chi connectivity index (χ0v) is 11.6. The van der Waals surface area contributed by atoms with Gasteiger partial charge in [0, 0.05) is 0 Å². The number of carboxylic acids is 1. The summed E-state index contributed by atoms with van der Waals surface area (Å²) < 4.78 is 13.8. The lowest BCUT2D eigenvalue weighted by Gasteiger charge is -2.00. The van der Waals surface area contributed by atoms with Crippen molar-refractivity contribution in [1.82, 2.24) is 4.98 Å². The third-order valence-electron chi connectivity index (χ3n) is 2.30. The van der Waals surface area contributed by atoms with Crippen molar-refractivity contribution in [2.75, 3.05) is 0 Å². The maximum absolute atomic E-state index is 13.5. The Morgan fingerprint density at radius 3 is 2.80 bits per heavy atom. The van der Waals surface area contributed by atoms with Gasteiger partial charge in [-0.2, -0.15) is 4.39 Å². The van der Waals surface area contributed by atoms with Crippen LogP contribution in [0.15, 0.2) is 27.4 Å². The highest BCUT2D eigenvalue weighted by molar-refractivity contribution is 8.01. The van der Waals surface area contributed by atoms with E-state index in [1.54, 1.807) is 0 Å². The fraction of sp³-hybridized carbons (Fsp3) is 0.0909. The Morgan fingerprint density at radius 2 is 2.25 bits per heavy atom. The molecule has 0 spiro atoms. The molecule has 0 fully saturated rings. The molecule has 0 aliphatic carbocycles. The van der Waals surface area contributed by atoms with E-state index in [1.165, 1.54) is 19.1 Å². The van der Waals surface area contributed by atoms with Gasteiger partial charge in [0.25, 0.3) is 0 Å². The molecule has 1 aromatic carbocycles. The Kier molecular flexibility index (Phi) is 4.00. The molecular formula is C11H7FN2O4S2. The minimum Gasteiger partial charge on any atom is -0.477 e. The van der Waals surface area contributed by atoms with Gasteiger partial charge >= 0.3 is 11.7 Å². The number of para-hydroxylation sites is 1. The van der Waals surface area contributed by atoms with E-state index in [9.17, 15) is 19.3 Å². The van der Waals surface area contributed by atoms with Crippen molar-refractivity contribution < 1.29 is 19.2 Å². The summed E-state index contributed by atoms with van der Waals surface area (Å²) in [5.41, 5.74) is -0.314. The van der Waals surface area contributed by atoms with Crippen LogP contribution in [0.4, 0.5) is 10.1 Å². The lowest BCUT2D eigenvalue weighted by Crippen LogP contribution is -1.94. The third-order valence-corrected chi connectivity index (χ3v) is 4.56. The molecular weight excluding hydrogens is 307 g/mol. The van der Waals surface area contributed by atoms with Gasteiger partial charge in [-0.05, 0) is 19.1 Å². The molecule has 2 aromatic rings. The van der Waals surface area contributed by atoms with Crippen LogP contribution in [0.2, 0.25) is 0 Å². The largest absolute Gasteiger partial charge is 0.477 e. The summed E-state index contributed by atoms with van der Waals surface area (Å²) in [5, 5.41) is 19.8. The number of benzene rings is 1. The fourth-order valence-electron chi connectivity index (χ4n) is 1.46. The molecule has 20 heavy (non-hydrogen) atoms. The van der Waals surface area contributed by atoms with E-state index >= 15 is 0 Å². The molecule has 0 aliphatic rings. The molecule has 6 nitrogen and oxygen atoms in total. The molecule has 1 N–H and O–H groups in total. The van der Waals surface area contributed by atoms with Gasteiger partial charge in [-0.15, -0.1) is 11.3 Å². The number of aromatic carboxylic acids is 1. The summed E-state index contributed by atoms with van der Waals surface area (Å²) in [7, 11) is 0. The maximum atomic E-state index is 13.5. The molecule has 9 heteroatoms. The Labute approximate surface area is 120 Å². The molecule has 0 saturated heterocycles. The molecule has 0 radical (unpaired) electrons. The summed E-state index contributed by atoms with van der Waals surface area (Å²) >= 11 is 1.77. The number of hydrogen-bond acceptors (Lipinski definition) is 6. The number of halogens is 1. The summed E-state index contributed by atoms with van der Waals surface area (Å²) in [4.78, 5) is 25.1. The van der Waals surface area contributed by atoms with Crippen molar-refractivity contribution in [2.45, 2.75) is 16.2 Å². The minimum atomic E-state index is -1.11. The first kappa shape index (κ1) is 14.4. The third kappa shape index (κ3) is 2.78. The van der Waals surface area contributed by atoms with Crippen molar-refractivity contribution in [2.24, 2.45) is 0 Å². The molecule has 1 heterocycles. The summed E-state index contributed by atoms with van der Waals surface area (Å²) in [6.07, 6.45) is 0. The highest BCUT2D eigenvalue weighted by Crippen LogP contribution is 2.38. The highest BCUT2D eigenvalue weighted by Gasteiger charge is 2.22. The van der Waals surface area contributed by atoms with Crippen LogP contribution >= 0.6 is 23.1 Å². The van der Waals surface area contributed by atoms with Gasteiger partial charge in [-0.25, -0.2) is 9.78 Å². The Balaban J connectivity index is 2.40. The molecule has 1 aromatic heterocycles. The normalized spacial score (nSPS) is 10.5. The molecule has 0 unspecified atom stereocenters. The number of nitrogens with zero attached hydrogens (tertiary/aromatic N) is 2. The average Bonchev–Trinajstić information content (AvgIpc) is 2.70. The van der Waals surface area contributed by atoms with E-state index < -0.39 is 22.4 Å². The van der Waals surface area contributed by atoms with Crippen LogP contribution in [-0.2, 0) is 0 Å². The van der Waals surface area contributed by atoms with Crippen LogP contribution in [0.3, 0.4) is 0 Å². The summed E-state index contributed by atoms with van der Waals surface area (Å²) in [6, 6.07) is 3.74. The molecule has 0 saturated carbocycles. The lowest BCUT2D eigenvalue weighted by atomic mass is 10.3. The average molecular weight is 314 g/mol. The SMILES string of the molecule is Cc1nc(Sc2cccc(F)c2[N+](=O)[O-])sc1C(=O)O. The van der Waals surface area contributed by atoms with Gasteiger partial charge in [0.1, 0.15) is 4.88 Å². The molecule has 0 aliphatic heterocycles. The number of aryl methyl sites for hydroxylation is 1. The Morgan fingerprint density at radius 1 is 1.55 bits per heavy atom. The second kappa shape index (κ2) is 5.55. The molecule has 2 rings (SSSR count). The first-order chi connectivity index (χ1) is 9.40. The highest BCUT2D eigenvalue weighted by atomic mass is 32.2. The number of rotatable bonds is 4. The summed E-state index contributed by atoms with van der Waals surface area (Å²) in [5.74, 6) is -2.05. The first-order valence-corrected chi connectivity index (χ1v) is 6.85. The van der Waals surface area contributed by atoms with Crippen LogP contribution < -0.4 is 0 Å². The predicted octanol–water partition coefficient (Wildman–Crippen LogP) is 3.35. The number of carbonyl (C=O) groups is 1. The van der Waals surface area contributed by atoms with Gasteiger partial charge in [0.05, 0.1) is 15.5 Å². The summed E-state index contributed by atoms with van der Waals surface area (Å²) in [6.45, 7) is 1.53. The van der Waals surface area contributed by atoms with Crippen molar-refractivity contribution in [3.8, 4) is 0 Å². The molecule has 0 bridgehead atoms. The zero-order chi connectivity index (χ0) is 14.9. The van der Waals surface area contributed by atoms with Crippen LogP contribution in [0.25, 0.3) is 0 Å². The van der Waals surface area contributed by atoms with Gasteiger partial charge in [-0.3, -0.25) is 10.1 Å². The number of nitro groups is 1. The van der Waals surface area contributed by atoms with E-state index in [0.29, 0.717) is 10.0 Å². The standard InChI is InChI=1S/C11H7FN2O4S2/c1-5-9(10(15)16)20-11(13-5)19-7-4-2-3-6(12)8(7)14(17)18/h2-4H,1H3,(H,15,16). The smallest absolute Gasteiger partial charge is 0.347 e. The van der Waals surface area contributed by atoms with Gasteiger partial charge in [-0.1, -0.05) is 17.8 Å². The maximum Gasteiger partial charge on any atom is 0.347 e. The van der Waals surface area contributed by atoms with E-state index in [0.717, 1.165) is 29.2 Å². The van der Waals surface area contributed by atoms with Gasteiger partial charge in [0.15, 0.2) is 4.34 Å². The molecule has 104 valence electrons. The number of nitro benzene ring substituents is 1. The molecule has 0 atom stereocenters. The van der Waals surface area contributed by atoms with Crippen LogP contribution in [-0.4, -0.2) is 21.0 Å². The first-order valence-electron chi connectivity index (χ1n) is 5.21. The quantitative estimate of drug-likeness (QED) is 0.687. The van der Waals surface area contributed by atoms with Crippen LogP contribution in [0.5, 0.6) is 0 Å². The van der Waals surface area contributed by atoms with Crippen molar-refractivity contribution in [1.29, 1.82) is 0 Å². The van der Waals surface area contributed by atoms with Crippen molar-refractivity contribution >= 4 is 34.8 Å². The monoisotopic (exact) mass is 314 g/mol. The van der Waals surface area contributed by atoms with E-state index in [4.69, 9.17) is 5.11 Å². The van der Waals surface area contributed by atoms with Gasteiger partial charge < -0.3 is 5.11 Å². The second-order valence-electron chi connectivity index (χ2n) is 3.65. The Hall–Kier alpha value is -2.00. The lowest BCUT2D eigenvalue weighted by molar-refractivity contribution is -0.390. The van der Waals surface area contributed by atoms with Crippen molar-refractivity contribution in [3.63, 3.8) is 0 Å². The van der Waals surface area contributed by atoms with E-state index in [2.05, 4.69) is 4.98 Å². The molecule has 0 amide bonds.